The number of hydrogen-bond donors (Lipinski definition) is 0. The summed E-state index contributed by atoms with van der Waals surface area (Å²) in [5.41, 5.74) is 2.08. The molecule has 0 spiro atoms. The second-order valence-electron chi connectivity index (χ2n) is 9.57. The fraction of sp³-hybridized carbons (Fsp3) is 0.667. The first kappa shape index (κ1) is 29.1. The van der Waals surface area contributed by atoms with E-state index in [9.17, 15) is 0 Å². The van der Waals surface area contributed by atoms with Crippen LogP contribution >= 0.6 is 20.2 Å². The van der Waals surface area contributed by atoms with Crippen LogP contribution in [0.3, 0.4) is 0 Å². The molecule has 5 nitrogen and oxygen atoms in total. The standard InChI is InChI=1S/C27H39N5.2ClH.Mn/c1-3-10-22-26-16-9-17-27(32-26)23(11-4-2)31-25-15-8-6-13-21(25)29-19-18-28-20-12-5-7-14-24(20)30-22;;;/h3-4,9,16-17,20-25H,1-2,5-8,10-15,18-19H2;2*1H;/q-4;;;+2/p-2/t20-,21?,22+,23+,24-,25-;;;/m1.../s1. The fourth-order valence-electron chi connectivity index (χ4n) is 5.54. The van der Waals surface area contributed by atoms with Gasteiger partial charge in [0.05, 0.1) is 0 Å². The van der Waals surface area contributed by atoms with Crippen molar-refractivity contribution in [1.29, 1.82) is 0 Å². The molecular formula is C27H39Cl2MnN5-4. The summed E-state index contributed by atoms with van der Waals surface area (Å²) in [6, 6.07) is 7.64. The zero-order valence-electron chi connectivity index (χ0n) is 20.6. The fourth-order valence-corrected chi connectivity index (χ4v) is 5.54. The van der Waals surface area contributed by atoms with E-state index in [0.717, 1.165) is 63.0 Å². The van der Waals surface area contributed by atoms with Gasteiger partial charge < -0.3 is 21.3 Å². The van der Waals surface area contributed by atoms with Crippen LogP contribution in [0.5, 0.6) is 0 Å². The molecule has 2 bridgehead atoms. The van der Waals surface area contributed by atoms with Gasteiger partial charge in [-0.1, -0.05) is 81.7 Å². The molecular weight excluding hydrogens is 520 g/mol. The van der Waals surface area contributed by atoms with Crippen LogP contribution in [0.2, 0.25) is 0 Å². The molecule has 0 aromatic carbocycles. The Morgan fingerprint density at radius 3 is 1.57 bits per heavy atom. The summed E-state index contributed by atoms with van der Waals surface area (Å²) in [4.78, 5) is 5.11. The Kier molecular flexibility index (Phi) is 13.7. The number of pyridine rings is 1. The van der Waals surface area contributed by atoms with E-state index in [0.29, 0.717) is 12.1 Å². The first-order valence-corrected chi connectivity index (χ1v) is 16.2. The van der Waals surface area contributed by atoms with Gasteiger partial charge in [0, 0.05) is 11.4 Å². The van der Waals surface area contributed by atoms with Gasteiger partial charge in [-0.3, -0.25) is 4.98 Å². The Hall–Kier alpha value is -0.431. The van der Waals surface area contributed by atoms with Crippen molar-refractivity contribution in [3.05, 3.63) is 76.2 Å². The van der Waals surface area contributed by atoms with Gasteiger partial charge in [-0.2, -0.15) is 37.3 Å². The number of rotatable bonds is 4. The van der Waals surface area contributed by atoms with Crippen molar-refractivity contribution in [2.24, 2.45) is 0 Å². The topological polar surface area (TPSA) is 69.3 Å². The molecule has 2 aliphatic carbocycles. The average molecular weight is 559 g/mol. The quantitative estimate of drug-likeness (QED) is 0.268. The van der Waals surface area contributed by atoms with Gasteiger partial charge in [-0.25, -0.2) is 0 Å². The molecule has 197 valence electrons. The first-order valence-electron chi connectivity index (χ1n) is 13.0. The van der Waals surface area contributed by atoms with Crippen LogP contribution in [0.15, 0.2) is 43.5 Å². The molecule has 1 aromatic rings. The van der Waals surface area contributed by atoms with Crippen LogP contribution < -0.4 is 0 Å². The van der Waals surface area contributed by atoms with Crippen LogP contribution in [0, 0.1) is 0 Å². The Bertz CT molecular complexity index is 710. The minimum atomic E-state index is 0.00694. The normalized spacial score (nSPS) is 31.8. The number of hydrogen-bond acceptors (Lipinski definition) is 1. The summed E-state index contributed by atoms with van der Waals surface area (Å²) >= 11 is 0.00694. The number of fused-ring (bicyclic) bond motifs is 4. The molecule has 35 heavy (non-hydrogen) atoms. The molecule has 4 rings (SSSR count). The Labute approximate surface area is 227 Å². The molecule has 1 aliphatic heterocycles. The molecule has 1 aromatic heterocycles. The van der Waals surface area contributed by atoms with Crippen molar-refractivity contribution in [1.82, 2.24) is 4.98 Å². The third-order valence-electron chi connectivity index (χ3n) is 7.21. The second-order valence-corrected chi connectivity index (χ2v) is 11.5. The zero-order chi connectivity index (χ0) is 24.9. The van der Waals surface area contributed by atoms with Gasteiger partial charge in [0.25, 0.3) is 0 Å². The van der Waals surface area contributed by atoms with Crippen molar-refractivity contribution in [2.75, 3.05) is 13.1 Å². The van der Waals surface area contributed by atoms with Crippen LogP contribution in [0.25, 0.3) is 21.3 Å². The minimum absolute atomic E-state index is 0.00694. The van der Waals surface area contributed by atoms with Crippen molar-refractivity contribution in [3.8, 4) is 0 Å². The summed E-state index contributed by atoms with van der Waals surface area (Å²) in [5, 5.41) is 20.8. The molecule has 3 aliphatic rings. The molecule has 2 heterocycles. The van der Waals surface area contributed by atoms with Crippen LogP contribution in [0.1, 0.15) is 87.7 Å². The van der Waals surface area contributed by atoms with Gasteiger partial charge in [-0.15, -0.1) is 13.2 Å². The van der Waals surface area contributed by atoms with Gasteiger partial charge in [0.2, 0.25) is 0 Å². The molecule has 0 N–H and O–H groups in total. The molecule has 2 fully saturated rings. The SMILES string of the molecule is C=CC[C@@H]1[N-][C@@H]2CCCCC2[N-]CC[N-][C@@H]2CCCC[C@H]2[N-][C@@H](CC=C)c2cccc1n2.[Cl][Mn][Cl]. The maximum atomic E-state index is 5.31. The van der Waals surface area contributed by atoms with Gasteiger partial charge in [0.15, 0.2) is 0 Å². The van der Waals surface area contributed by atoms with E-state index in [1.54, 1.807) is 0 Å². The van der Waals surface area contributed by atoms with Crippen LogP contribution in [-0.2, 0) is 13.1 Å². The first-order chi connectivity index (χ1) is 17.2. The number of nitrogens with zero attached hydrogens (tertiary/aromatic N) is 5. The third kappa shape index (κ3) is 9.12. The van der Waals surface area contributed by atoms with E-state index in [2.05, 4.69) is 31.4 Å². The number of halogens is 2. The second kappa shape index (κ2) is 16.4. The molecule has 6 atom stereocenters. The monoisotopic (exact) mass is 558 g/mol. The Morgan fingerprint density at radius 1 is 0.771 bits per heavy atom. The van der Waals surface area contributed by atoms with Crippen molar-refractivity contribution in [3.63, 3.8) is 0 Å². The molecule has 0 saturated heterocycles. The summed E-state index contributed by atoms with van der Waals surface area (Å²) in [6.07, 6.45) is 15.1. The third-order valence-corrected chi connectivity index (χ3v) is 7.21. The van der Waals surface area contributed by atoms with E-state index in [4.69, 9.17) is 46.4 Å². The molecule has 8 heteroatoms. The predicted octanol–water partition coefficient (Wildman–Crippen LogP) is 8.82. The van der Waals surface area contributed by atoms with Crippen LogP contribution in [0.4, 0.5) is 0 Å². The number of aromatic nitrogens is 1. The van der Waals surface area contributed by atoms with Gasteiger partial charge >= 0.3 is 33.3 Å². The van der Waals surface area contributed by atoms with Gasteiger partial charge in [0.1, 0.15) is 0 Å². The Balaban J connectivity index is 0.00000108. The van der Waals surface area contributed by atoms with E-state index in [1.165, 1.54) is 25.7 Å². The molecule has 2 saturated carbocycles. The van der Waals surface area contributed by atoms with Crippen molar-refractivity contribution < 1.29 is 13.1 Å². The van der Waals surface area contributed by atoms with E-state index in [-0.39, 0.29) is 37.3 Å². The maximum absolute atomic E-state index is 5.31. The molecule has 1 unspecified atom stereocenters. The summed E-state index contributed by atoms with van der Waals surface area (Å²) < 4.78 is 0. The summed E-state index contributed by atoms with van der Waals surface area (Å²) in [5.74, 6) is 0. The Morgan fingerprint density at radius 2 is 1.17 bits per heavy atom. The van der Waals surface area contributed by atoms with Crippen molar-refractivity contribution >= 4 is 20.2 Å². The summed E-state index contributed by atoms with van der Waals surface area (Å²) in [7, 11) is 9.59. The van der Waals surface area contributed by atoms with E-state index < -0.39 is 0 Å². The molecule has 0 amide bonds. The van der Waals surface area contributed by atoms with E-state index >= 15 is 0 Å². The summed E-state index contributed by atoms with van der Waals surface area (Å²) in [6.45, 7) is 9.63. The van der Waals surface area contributed by atoms with Crippen LogP contribution in [-0.4, -0.2) is 42.2 Å². The molecule has 0 radical (unpaired) electrons. The zero-order valence-corrected chi connectivity index (χ0v) is 23.3. The predicted molar refractivity (Wildman–Crippen MR) is 146 cm³/mol. The van der Waals surface area contributed by atoms with Crippen molar-refractivity contribution in [2.45, 2.75) is 100 Å². The van der Waals surface area contributed by atoms with E-state index in [1.807, 2.05) is 12.2 Å². The average Bonchev–Trinajstić information content (AvgIpc) is 2.88. The van der Waals surface area contributed by atoms with Gasteiger partial charge in [-0.05, 0) is 25.0 Å².